The first-order chi connectivity index (χ1) is 4.46. The van der Waals surface area contributed by atoms with E-state index in [1.165, 1.54) is 0 Å². The van der Waals surface area contributed by atoms with E-state index in [9.17, 15) is 4.79 Å². The van der Waals surface area contributed by atoms with Crippen LogP contribution in [0.15, 0.2) is 0 Å². The number of rotatable bonds is 3. The van der Waals surface area contributed by atoms with Crippen LogP contribution in [0.1, 0.15) is 13.8 Å². The van der Waals surface area contributed by atoms with Crippen LogP contribution in [0, 0.1) is 5.92 Å². The molecule has 0 rings (SSSR count). The molecule has 0 aromatic carbocycles. The topological polar surface area (TPSA) is 40.5 Å². The van der Waals surface area contributed by atoms with E-state index < -0.39 is 5.97 Å². The number of carbonyl (C=O) groups is 1. The fraction of sp³-hybridized carbons (Fsp3) is 0.857. The van der Waals surface area contributed by atoms with Gasteiger partial charge in [-0.15, -0.1) is 0 Å². The SMILES string of the molecule is CC(C(=O)O)C(C)N(C)C.[V]. The zero-order valence-corrected chi connectivity index (χ0v) is 8.80. The Balaban J connectivity index is 0. The predicted molar refractivity (Wildman–Crippen MR) is 39.9 cm³/mol. The first kappa shape index (κ1) is 13.6. The molecule has 0 heterocycles. The van der Waals surface area contributed by atoms with Crippen LogP contribution >= 0.6 is 0 Å². The minimum absolute atomic E-state index is 0. The van der Waals surface area contributed by atoms with Crippen molar-refractivity contribution in [2.75, 3.05) is 14.1 Å². The Hall–Kier alpha value is 0.0144. The molecule has 0 saturated carbocycles. The monoisotopic (exact) mass is 196 g/mol. The van der Waals surface area contributed by atoms with Crippen LogP contribution in [0.3, 0.4) is 0 Å². The molecule has 0 aliphatic rings. The molecule has 3 nitrogen and oxygen atoms in total. The largest absolute Gasteiger partial charge is 0.481 e. The minimum Gasteiger partial charge on any atom is -0.481 e. The summed E-state index contributed by atoms with van der Waals surface area (Å²) in [5, 5.41) is 8.57. The predicted octanol–water partition coefficient (Wildman–Crippen LogP) is 0.655. The van der Waals surface area contributed by atoms with Gasteiger partial charge in [-0.2, -0.15) is 0 Å². The Labute approximate surface area is 79.7 Å². The van der Waals surface area contributed by atoms with Crippen LogP contribution in [0.5, 0.6) is 0 Å². The van der Waals surface area contributed by atoms with Crippen LogP contribution in [0.4, 0.5) is 0 Å². The smallest absolute Gasteiger partial charge is 0.307 e. The van der Waals surface area contributed by atoms with Gasteiger partial charge in [0.2, 0.25) is 0 Å². The van der Waals surface area contributed by atoms with E-state index >= 15 is 0 Å². The fourth-order valence-electron chi connectivity index (χ4n) is 0.654. The van der Waals surface area contributed by atoms with Crippen molar-refractivity contribution in [3.63, 3.8) is 0 Å². The summed E-state index contributed by atoms with van der Waals surface area (Å²) in [6.45, 7) is 3.62. The number of carboxylic acid groups (broad SMARTS) is 1. The third-order valence-electron chi connectivity index (χ3n) is 1.93. The van der Waals surface area contributed by atoms with Crippen LogP contribution in [0.2, 0.25) is 0 Å². The third-order valence-corrected chi connectivity index (χ3v) is 1.93. The maximum atomic E-state index is 10.4. The summed E-state index contributed by atoms with van der Waals surface area (Å²) >= 11 is 0. The van der Waals surface area contributed by atoms with E-state index in [0.29, 0.717) is 0 Å². The first-order valence-corrected chi connectivity index (χ1v) is 3.36. The number of carboxylic acids is 1. The molecule has 0 bridgehead atoms. The molecule has 11 heavy (non-hydrogen) atoms. The van der Waals surface area contributed by atoms with E-state index in [-0.39, 0.29) is 30.5 Å². The van der Waals surface area contributed by atoms with Crippen LogP contribution in [-0.2, 0) is 23.4 Å². The summed E-state index contributed by atoms with van der Waals surface area (Å²) < 4.78 is 0. The molecule has 2 unspecified atom stereocenters. The molecule has 1 radical (unpaired) electrons. The number of aliphatic carboxylic acids is 1. The fourth-order valence-corrected chi connectivity index (χ4v) is 0.654. The summed E-state index contributed by atoms with van der Waals surface area (Å²) in [6.07, 6.45) is 0. The summed E-state index contributed by atoms with van der Waals surface area (Å²) in [6, 6.07) is 0.0949. The van der Waals surface area contributed by atoms with E-state index in [2.05, 4.69) is 0 Å². The molecule has 65 valence electrons. The van der Waals surface area contributed by atoms with Crippen molar-refractivity contribution in [1.29, 1.82) is 0 Å². The van der Waals surface area contributed by atoms with Crippen molar-refractivity contribution < 1.29 is 28.5 Å². The Morgan fingerprint density at radius 3 is 1.82 bits per heavy atom. The zero-order valence-electron chi connectivity index (χ0n) is 7.40. The van der Waals surface area contributed by atoms with Gasteiger partial charge in [-0.3, -0.25) is 4.79 Å². The van der Waals surface area contributed by atoms with Gasteiger partial charge in [0.1, 0.15) is 0 Å². The number of hydrogen-bond acceptors (Lipinski definition) is 2. The van der Waals surface area contributed by atoms with Gasteiger partial charge >= 0.3 is 5.97 Å². The van der Waals surface area contributed by atoms with Gasteiger partial charge in [-0.25, -0.2) is 0 Å². The number of hydrogen-bond donors (Lipinski definition) is 1. The average Bonchev–Trinajstić information content (AvgIpc) is 1.84. The van der Waals surface area contributed by atoms with Gasteiger partial charge in [-0.1, -0.05) is 6.92 Å². The molecule has 0 saturated heterocycles. The zero-order chi connectivity index (χ0) is 8.31. The van der Waals surface area contributed by atoms with Gasteiger partial charge in [0, 0.05) is 24.6 Å². The molecule has 4 heteroatoms. The second kappa shape index (κ2) is 5.64. The van der Waals surface area contributed by atoms with Crippen molar-refractivity contribution in [2.45, 2.75) is 19.9 Å². The van der Waals surface area contributed by atoms with Crippen molar-refractivity contribution in [2.24, 2.45) is 5.92 Å². The van der Waals surface area contributed by atoms with Crippen molar-refractivity contribution in [3.05, 3.63) is 0 Å². The molecule has 0 spiro atoms. The molecular weight excluding hydrogens is 181 g/mol. The average molecular weight is 196 g/mol. The van der Waals surface area contributed by atoms with E-state index in [1.54, 1.807) is 6.92 Å². The minimum atomic E-state index is -0.735. The molecule has 0 amide bonds. The summed E-state index contributed by atoms with van der Waals surface area (Å²) in [7, 11) is 3.76. The molecule has 0 aliphatic heterocycles. The molecule has 0 aromatic heterocycles. The van der Waals surface area contributed by atoms with Gasteiger partial charge < -0.3 is 10.0 Å². The second-order valence-corrected chi connectivity index (χ2v) is 2.83. The maximum absolute atomic E-state index is 10.4. The molecule has 0 aliphatic carbocycles. The van der Waals surface area contributed by atoms with E-state index in [1.807, 2.05) is 25.9 Å². The van der Waals surface area contributed by atoms with Crippen LogP contribution < -0.4 is 0 Å². The van der Waals surface area contributed by atoms with Gasteiger partial charge in [-0.05, 0) is 21.0 Å². The van der Waals surface area contributed by atoms with Gasteiger partial charge in [0.05, 0.1) is 5.92 Å². The van der Waals surface area contributed by atoms with Crippen LogP contribution in [-0.4, -0.2) is 36.1 Å². The van der Waals surface area contributed by atoms with Crippen LogP contribution in [0.25, 0.3) is 0 Å². The first-order valence-electron chi connectivity index (χ1n) is 3.36. The maximum Gasteiger partial charge on any atom is 0.307 e. The molecule has 0 fully saturated rings. The second-order valence-electron chi connectivity index (χ2n) is 2.83. The molecular formula is C7H15NO2V. The Morgan fingerprint density at radius 1 is 1.36 bits per heavy atom. The quantitative estimate of drug-likeness (QED) is 0.720. The van der Waals surface area contributed by atoms with E-state index in [4.69, 9.17) is 5.11 Å². The number of nitrogens with zero attached hydrogens (tertiary/aromatic N) is 1. The molecule has 0 aromatic rings. The summed E-state index contributed by atoms with van der Waals surface area (Å²) in [4.78, 5) is 12.3. The van der Waals surface area contributed by atoms with Crippen molar-refractivity contribution >= 4 is 5.97 Å². The van der Waals surface area contributed by atoms with E-state index in [0.717, 1.165) is 0 Å². The normalized spacial score (nSPS) is 15.4. The van der Waals surface area contributed by atoms with Gasteiger partial charge in [0.25, 0.3) is 0 Å². The molecule has 2 atom stereocenters. The van der Waals surface area contributed by atoms with Gasteiger partial charge in [0.15, 0.2) is 0 Å². The Morgan fingerprint density at radius 2 is 1.73 bits per heavy atom. The molecule has 1 N–H and O–H groups in total. The van der Waals surface area contributed by atoms with Crippen molar-refractivity contribution in [1.82, 2.24) is 4.90 Å². The Kier molecular flexibility index (Phi) is 6.97. The summed E-state index contributed by atoms with van der Waals surface area (Å²) in [5.41, 5.74) is 0. The standard InChI is InChI=1S/C7H15NO2.V/c1-5(7(9)10)6(2)8(3)4;/h5-6H,1-4H3,(H,9,10);. The Bertz CT molecular complexity index is 128. The third kappa shape index (κ3) is 4.46. The van der Waals surface area contributed by atoms with Crippen molar-refractivity contribution in [3.8, 4) is 0 Å². The summed E-state index contributed by atoms with van der Waals surface area (Å²) in [5.74, 6) is -1.03.